The van der Waals surface area contributed by atoms with Crippen molar-refractivity contribution in [2.24, 2.45) is 0 Å². The molecule has 1 aliphatic rings. The highest BCUT2D eigenvalue weighted by Gasteiger charge is 2.47. The number of ketones is 1. The number of amides is 1. The fourth-order valence-electron chi connectivity index (χ4n) is 4.44. The van der Waals surface area contributed by atoms with Crippen molar-refractivity contribution in [3.05, 3.63) is 88.2 Å². The molecule has 4 rings (SSSR count). The van der Waals surface area contributed by atoms with Crippen molar-refractivity contribution in [1.82, 2.24) is 0 Å². The van der Waals surface area contributed by atoms with Gasteiger partial charge in [0.25, 0.3) is 11.7 Å². The van der Waals surface area contributed by atoms with Crippen LogP contribution in [0.25, 0.3) is 5.76 Å². The molecule has 1 aliphatic heterocycles. The molecule has 1 fully saturated rings. The van der Waals surface area contributed by atoms with Gasteiger partial charge >= 0.3 is 0 Å². The van der Waals surface area contributed by atoms with E-state index in [-0.39, 0.29) is 16.7 Å². The van der Waals surface area contributed by atoms with Gasteiger partial charge in [0.15, 0.2) is 11.5 Å². The number of aliphatic hydroxyl groups is 1. The Morgan fingerprint density at radius 1 is 0.889 bits per heavy atom. The Morgan fingerprint density at radius 2 is 1.53 bits per heavy atom. The van der Waals surface area contributed by atoms with Crippen molar-refractivity contribution >= 4 is 23.1 Å². The van der Waals surface area contributed by atoms with Crippen molar-refractivity contribution in [2.45, 2.75) is 19.9 Å². The van der Waals surface area contributed by atoms with Crippen molar-refractivity contribution in [2.75, 3.05) is 26.2 Å². The number of hydrogen-bond acceptors (Lipinski definition) is 6. The second-order valence-electron chi connectivity index (χ2n) is 8.38. The largest absolute Gasteiger partial charge is 0.507 e. The minimum atomic E-state index is -1.02. The van der Waals surface area contributed by atoms with Crippen LogP contribution in [0.15, 0.2) is 60.2 Å². The van der Waals surface area contributed by atoms with Crippen LogP contribution >= 0.6 is 0 Å². The van der Waals surface area contributed by atoms with Gasteiger partial charge in [-0.3, -0.25) is 14.5 Å². The predicted molar refractivity (Wildman–Crippen MR) is 133 cm³/mol. The topological polar surface area (TPSA) is 85.3 Å². The Kier molecular flexibility index (Phi) is 6.70. The summed E-state index contributed by atoms with van der Waals surface area (Å²) >= 11 is 0. The number of hydrogen-bond donors (Lipinski definition) is 1. The molecular formula is C28H26FNO6. The molecule has 3 aromatic rings. The number of ether oxygens (including phenoxy) is 3. The van der Waals surface area contributed by atoms with Gasteiger partial charge in [-0.05, 0) is 66.9 Å². The maximum atomic E-state index is 13.9. The zero-order chi connectivity index (χ0) is 26.1. The van der Waals surface area contributed by atoms with E-state index < -0.39 is 29.3 Å². The normalized spacial score (nSPS) is 16.8. The van der Waals surface area contributed by atoms with E-state index in [0.29, 0.717) is 28.5 Å². The van der Waals surface area contributed by atoms with Gasteiger partial charge in [0, 0.05) is 11.3 Å². The molecule has 8 heteroatoms. The summed E-state index contributed by atoms with van der Waals surface area (Å²) in [5.74, 6) is -1.55. The van der Waals surface area contributed by atoms with Gasteiger partial charge in [0.05, 0.1) is 32.9 Å². The molecule has 1 N–H and O–H groups in total. The Hall–Kier alpha value is -4.33. The molecule has 1 saturated heterocycles. The molecule has 7 nitrogen and oxygen atoms in total. The number of benzene rings is 3. The third-order valence-corrected chi connectivity index (χ3v) is 6.25. The van der Waals surface area contributed by atoms with Crippen molar-refractivity contribution in [1.29, 1.82) is 0 Å². The fourth-order valence-corrected chi connectivity index (χ4v) is 4.44. The van der Waals surface area contributed by atoms with Crippen LogP contribution in [0.4, 0.5) is 10.1 Å². The summed E-state index contributed by atoms with van der Waals surface area (Å²) < 4.78 is 30.3. The number of aryl methyl sites for hydroxylation is 2. The molecule has 186 valence electrons. The molecule has 0 spiro atoms. The summed E-state index contributed by atoms with van der Waals surface area (Å²) in [4.78, 5) is 28.2. The van der Waals surface area contributed by atoms with Crippen LogP contribution in [0.5, 0.6) is 17.2 Å². The number of aliphatic hydroxyl groups excluding tert-OH is 1. The molecule has 3 aromatic carbocycles. The average Bonchev–Trinajstić information content (AvgIpc) is 3.14. The van der Waals surface area contributed by atoms with E-state index in [1.165, 1.54) is 44.4 Å². The lowest BCUT2D eigenvalue weighted by Gasteiger charge is -2.27. The number of para-hydroxylation sites is 1. The smallest absolute Gasteiger partial charge is 0.300 e. The van der Waals surface area contributed by atoms with Crippen LogP contribution in [-0.2, 0) is 9.59 Å². The van der Waals surface area contributed by atoms with Gasteiger partial charge < -0.3 is 19.3 Å². The maximum absolute atomic E-state index is 13.9. The number of rotatable bonds is 6. The zero-order valence-electron chi connectivity index (χ0n) is 20.6. The minimum Gasteiger partial charge on any atom is -0.507 e. The number of carbonyl (C=O) groups is 2. The van der Waals surface area contributed by atoms with Gasteiger partial charge in [0.2, 0.25) is 5.75 Å². The van der Waals surface area contributed by atoms with E-state index in [4.69, 9.17) is 14.2 Å². The summed E-state index contributed by atoms with van der Waals surface area (Å²) in [7, 11) is 4.39. The molecule has 0 aromatic heterocycles. The number of carbonyl (C=O) groups excluding carboxylic acids is 2. The number of methoxy groups -OCH3 is 3. The minimum absolute atomic E-state index is 0.136. The lowest BCUT2D eigenvalue weighted by molar-refractivity contribution is -0.132. The van der Waals surface area contributed by atoms with Crippen LogP contribution in [0, 0.1) is 19.7 Å². The maximum Gasteiger partial charge on any atom is 0.300 e. The Bertz CT molecular complexity index is 1370. The summed E-state index contributed by atoms with van der Waals surface area (Å²) in [6.07, 6.45) is 0. The van der Waals surface area contributed by atoms with E-state index in [0.717, 1.165) is 5.56 Å². The highest BCUT2D eigenvalue weighted by atomic mass is 19.1. The van der Waals surface area contributed by atoms with E-state index >= 15 is 0 Å². The first-order valence-corrected chi connectivity index (χ1v) is 11.2. The standard InChI is InChI=1S/C28H26FNO6/c1-15-8-6-7-9-20(15)30-24(18-13-21(34-3)27(36-5)22(14-18)35-4)23(26(32)28(30)33)25(31)17-10-11-19(29)16(2)12-17/h6-14,24,31H,1-5H3/b25-23+. The Balaban J connectivity index is 2.04. The molecule has 1 unspecified atom stereocenters. The quantitative estimate of drug-likeness (QED) is 0.294. The van der Waals surface area contributed by atoms with E-state index in [1.807, 2.05) is 19.1 Å². The summed E-state index contributed by atoms with van der Waals surface area (Å²) in [6, 6.07) is 13.4. The first-order chi connectivity index (χ1) is 17.2. The zero-order valence-corrected chi connectivity index (χ0v) is 20.6. The first kappa shape index (κ1) is 24.8. The Labute approximate surface area is 208 Å². The first-order valence-electron chi connectivity index (χ1n) is 11.2. The SMILES string of the molecule is COc1cc(C2/C(=C(\O)c3ccc(F)c(C)c3)C(=O)C(=O)N2c2ccccc2C)cc(OC)c1OC. The molecule has 36 heavy (non-hydrogen) atoms. The third-order valence-electron chi connectivity index (χ3n) is 6.25. The molecule has 0 aliphatic carbocycles. The third kappa shape index (κ3) is 4.04. The van der Waals surface area contributed by atoms with Gasteiger partial charge in [-0.2, -0.15) is 0 Å². The van der Waals surface area contributed by atoms with Crippen molar-refractivity contribution < 1.29 is 33.3 Å². The van der Waals surface area contributed by atoms with Crippen LogP contribution in [0.3, 0.4) is 0 Å². The Morgan fingerprint density at radius 3 is 2.08 bits per heavy atom. The molecule has 0 radical (unpaired) electrons. The number of anilines is 1. The van der Waals surface area contributed by atoms with Crippen LogP contribution in [-0.4, -0.2) is 38.1 Å². The monoisotopic (exact) mass is 491 g/mol. The molecule has 1 amide bonds. The van der Waals surface area contributed by atoms with E-state index in [9.17, 15) is 19.1 Å². The average molecular weight is 492 g/mol. The van der Waals surface area contributed by atoms with Gasteiger partial charge in [0.1, 0.15) is 11.6 Å². The van der Waals surface area contributed by atoms with E-state index in [2.05, 4.69) is 0 Å². The molecule has 0 bridgehead atoms. The number of nitrogens with zero attached hydrogens (tertiary/aromatic N) is 1. The predicted octanol–water partition coefficient (Wildman–Crippen LogP) is 5.09. The highest BCUT2D eigenvalue weighted by molar-refractivity contribution is 6.51. The summed E-state index contributed by atoms with van der Waals surface area (Å²) in [5.41, 5.74) is 2.09. The van der Waals surface area contributed by atoms with Gasteiger partial charge in [-0.15, -0.1) is 0 Å². The lowest BCUT2D eigenvalue weighted by Crippen LogP contribution is -2.30. The molecule has 0 saturated carbocycles. The molecule has 1 heterocycles. The second kappa shape index (κ2) is 9.73. The molecular weight excluding hydrogens is 465 g/mol. The van der Waals surface area contributed by atoms with E-state index in [1.54, 1.807) is 31.2 Å². The molecule has 1 atom stereocenters. The summed E-state index contributed by atoms with van der Waals surface area (Å²) in [6.45, 7) is 3.37. The lowest BCUT2D eigenvalue weighted by atomic mass is 9.94. The summed E-state index contributed by atoms with van der Waals surface area (Å²) in [5, 5.41) is 11.3. The number of Topliss-reactive ketones (excluding diaryl/α,β-unsaturated/α-hetero) is 1. The van der Waals surface area contributed by atoms with Gasteiger partial charge in [-0.25, -0.2) is 4.39 Å². The highest BCUT2D eigenvalue weighted by Crippen LogP contribution is 2.47. The second-order valence-corrected chi connectivity index (χ2v) is 8.38. The fraction of sp³-hybridized carbons (Fsp3) is 0.214. The van der Waals surface area contributed by atoms with Crippen LogP contribution in [0.2, 0.25) is 0 Å². The van der Waals surface area contributed by atoms with Crippen molar-refractivity contribution in [3.63, 3.8) is 0 Å². The van der Waals surface area contributed by atoms with Crippen molar-refractivity contribution in [3.8, 4) is 17.2 Å². The number of halogens is 1. The van der Waals surface area contributed by atoms with Crippen LogP contribution in [0.1, 0.15) is 28.3 Å². The van der Waals surface area contributed by atoms with Gasteiger partial charge in [-0.1, -0.05) is 18.2 Å². The van der Waals surface area contributed by atoms with Crippen LogP contribution < -0.4 is 19.1 Å².